The maximum Gasteiger partial charge on any atom is 0.243 e. The quantitative estimate of drug-likeness (QED) is 0.865. The summed E-state index contributed by atoms with van der Waals surface area (Å²) in [6.07, 6.45) is 9.37. The van der Waals surface area contributed by atoms with E-state index in [4.69, 9.17) is 0 Å². The zero-order valence-electron chi connectivity index (χ0n) is 15.9. The first-order valence-corrected chi connectivity index (χ1v) is 9.49. The zero-order valence-corrected chi connectivity index (χ0v) is 15.9. The topological polar surface area (TPSA) is 63.1 Å². The number of piperidine rings is 1. The van der Waals surface area contributed by atoms with Crippen molar-refractivity contribution in [3.63, 3.8) is 0 Å². The van der Waals surface area contributed by atoms with Crippen LogP contribution in [0.2, 0.25) is 0 Å². The predicted octanol–water partition coefficient (Wildman–Crippen LogP) is 2.74. The van der Waals surface area contributed by atoms with Crippen molar-refractivity contribution < 1.29 is 4.79 Å². The number of hydrogen-bond donors (Lipinski definition) is 1. The number of carbonyl (C=O) groups is 1. The Labute approximate surface area is 155 Å². The second kappa shape index (κ2) is 8.45. The lowest BCUT2D eigenvalue weighted by Gasteiger charge is -2.33. The number of nitrogens with zero attached hydrogens (tertiary/aromatic N) is 4. The molecule has 1 atom stereocenters. The first kappa shape index (κ1) is 18.6. The summed E-state index contributed by atoms with van der Waals surface area (Å²) < 4.78 is 1.98. The molecule has 2 aromatic heterocycles. The molecule has 140 valence electrons. The molecule has 0 aliphatic carbocycles. The molecule has 6 heteroatoms. The number of imidazole rings is 1. The lowest BCUT2D eigenvalue weighted by atomic mass is 10.0. The molecule has 1 fully saturated rings. The Bertz CT molecular complexity index is 704. The number of aromatic nitrogens is 3. The van der Waals surface area contributed by atoms with Crippen LogP contribution in [0.3, 0.4) is 0 Å². The highest BCUT2D eigenvalue weighted by Crippen LogP contribution is 2.19. The second-order valence-corrected chi connectivity index (χ2v) is 7.44. The third kappa shape index (κ3) is 4.49. The van der Waals surface area contributed by atoms with Crippen molar-refractivity contribution in [2.24, 2.45) is 0 Å². The molecule has 0 spiro atoms. The summed E-state index contributed by atoms with van der Waals surface area (Å²) in [5.41, 5.74) is 1.24. The van der Waals surface area contributed by atoms with Gasteiger partial charge in [-0.3, -0.25) is 14.7 Å². The molecule has 1 unspecified atom stereocenters. The molecule has 1 N–H and O–H groups in total. The Balaban J connectivity index is 1.49. The van der Waals surface area contributed by atoms with Gasteiger partial charge >= 0.3 is 0 Å². The van der Waals surface area contributed by atoms with E-state index in [-0.39, 0.29) is 18.0 Å². The van der Waals surface area contributed by atoms with Gasteiger partial charge in [-0.2, -0.15) is 0 Å². The third-order valence-electron chi connectivity index (χ3n) is 5.07. The molecule has 0 bridgehead atoms. The molecule has 0 saturated carbocycles. The van der Waals surface area contributed by atoms with Crippen LogP contribution in [0.5, 0.6) is 0 Å². The van der Waals surface area contributed by atoms with E-state index in [0.29, 0.717) is 5.92 Å². The summed E-state index contributed by atoms with van der Waals surface area (Å²) in [5, 5.41) is 3.23. The van der Waals surface area contributed by atoms with Crippen molar-refractivity contribution in [2.45, 2.75) is 58.2 Å². The van der Waals surface area contributed by atoms with Gasteiger partial charge in [0.25, 0.3) is 0 Å². The fourth-order valence-corrected chi connectivity index (χ4v) is 3.53. The van der Waals surface area contributed by atoms with Crippen LogP contribution in [0.15, 0.2) is 36.9 Å². The minimum Gasteiger partial charge on any atom is -0.351 e. The van der Waals surface area contributed by atoms with Crippen LogP contribution in [0.25, 0.3) is 0 Å². The summed E-state index contributed by atoms with van der Waals surface area (Å²) >= 11 is 0. The number of hydrogen-bond acceptors (Lipinski definition) is 4. The van der Waals surface area contributed by atoms with Crippen LogP contribution in [0, 0.1) is 0 Å². The molecular formula is C20H29N5O. The molecule has 26 heavy (non-hydrogen) atoms. The lowest BCUT2D eigenvalue weighted by Crippen LogP contribution is -2.46. The van der Waals surface area contributed by atoms with Crippen molar-refractivity contribution in [3.05, 3.63) is 48.3 Å². The maximum absolute atomic E-state index is 12.7. The maximum atomic E-state index is 12.7. The Morgan fingerprint density at radius 1 is 1.27 bits per heavy atom. The van der Waals surface area contributed by atoms with E-state index in [1.54, 1.807) is 12.4 Å². The van der Waals surface area contributed by atoms with Crippen molar-refractivity contribution in [1.29, 1.82) is 0 Å². The highest BCUT2D eigenvalue weighted by molar-refractivity contribution is 5.80. The van der Waals surface area contributed by atoms with E-state index in [0.717, 1.165) is 38.3 Å². The first-order valence-electron chi connectivity index (χ1n) is 9.49. The highest BCUT2D eigenvalue weighted by atomic mass is 16.2. The largest absolute Gasteiger partial charge is 0.351 e. The van der Waals surface area contributed by atoms with Gasteiger partial charge in [0, 0.05) is 56.4 Å². The number of pyridine rings is 1. The number of amides is 1. The first-order chi connectivity index (χ1) is 12.5. The second-order valence-electron chi connectivity index (χ2n) is 7.44. The SMILES string of the molecule is CC(C)c1nccn1C(C)C(=O)NC1CCN(Cc2cccnc2)CC1. The van der Waals surface area contributed by atoms with Crippen LogP contribution in [-0.4, -0.2) is 44.5 Å². The molecule has 1 aliphatic rings. The molecule has 3 rings (SSSR count). The monoisotopic (exact) mass is 355 g/mol. The smallest absolute Gasteiger partial charge is 0.243 e. The van der Waals surface area contributed by atoms with Gasteiger partial charge in [0.05, 0.1) is 0 Å². The fraction of sp³-hybridized carbons (Fsp3) is 0.550. The molecule has 3 heterocycles. The molecular weight excluding hydrogens is 326 g/mol. The molecule has 2 aromatic rings. The molecule has 1 saturated heterocycles. The highest BCUT2D eigenvalue weighted by Gasteiger charge is 2.24. The Morgan fingerprint density at radius 2 is 2.04 bits per heavy atom. The van der Waals surface area contributed by atoms with Gasteiger partial charge in [-0.1, -0.05) is 19.9 Å². The van der Waals surface area contributed by atoms with E-state index in [2.05, 4.69) is 40.1 Å². The van der Waals surface area contributed by atoms with Crippen molar-refractivity contribution in [1.82, 2.24) is 24.8 Å². The Kier molecular flexibility index (Phi) is 6.04. The summed E-state index contributed by atoms with van der Waals surface area (Å²) in [7, 11) is 0. The normalized spacial score (nSPS) is 17.4. The van der Waals surface area contributed by atoms with Crippen LogP contribution in [0.1, 0.15) is 57.0 Å². The Morgan fingerprint density at radius 3 is 2.69 bits per heavy atom. The van der Waals surface area contributed by atoms with Crippen LogP contribution in [-0.2, 0) is 11.3 Å². The predicted molar refractivity (Wildman–Crippen MR) is 102 cm³/mol. The van der Waals surface area contributed by atoms with Crippen LogP contribution < -0.4 is 5.32 Å². The van der Waals surface area contributed by atoms with E-state index in [1.807, 2.05) is 30.0 Å². The van der Waals surface area contributed by atoms with Gasteiger partial charge in [0.1, 0.15) is 11.9 Å². The van der Waals surface area contributed by atoms with E-state index < -0.39 is 0 Å². The molecule has 0 radical (unpaired) electrons. The molecule has 6 nitrogen and oxygen atoms in total. The van der Waals surface area contributed by atoms with Gasteiger partial charge in [0.15, 0.2) is 0 Å². The number of rotatable bonds is 6. The number of nitrogens with one attached hydrogen (secondary N) is 1. The van der Waals surface area contributed by atoms with Crippen LogP contribution in [0.4, 0.5) is 0 Å². The Hall–Kier alpha value is -2.21. The van der Waals surface area contributed by atoms with Gasteiger partial charge in [-0.05, 0) is 31.4 Å². The van der Waals surface area contributed by atoms with E-state index in [1.165, 1.54) is 5.56 Å². The fourth-order valence-electron chi connectivity index (χ4n) is 3.53. The minimum atomic E-state index is -0.233. The van der Waals surface area contributed by atoms with E-state index >= 15 is 0 Å². The van der Waals surface area contributed by atoms with Crippen molar-refractivity contribution >= 4 is 5.91 Å². The van der Waals surface area contributed by atoms with Gasteiger partial charge in [-0.15, -0.1) is 0 Å². The summed E-state index contributed by atoms with van der Waals surface area (Å²) in [6, 6.07) is 4.11. The average Bonchev–Trinajstić information content (AvgIpc) is 3.13. The van der Waals surface area contributed by atoms with Gasteiger partial charge in [0.2, 0.25) is 5.91 Å². The van der Waals surface area contributed by atoms with Crippen molar-refractivity contribution in [2.75, 3.05) is 13.1 Å². The number of carbonyl (C=O) groups excluding carboxylic acids is 1. The van der Waals surface area contributed by atoms with Gasteiger partial charge in [-0.25, -0.2) is 4.98 Å². The zero-order chi connectivity index (χ0) is 18.5. The molecule has 0 aromatic carbocycles. The van der Waals surface area contributed by atoms with Crippen molar-refractivity contribution in [3.8, 4) is 0 Å². The third-order valence-corrected chi connectivity index (χ3v) is 5.07. The molecule has 1 amide bonds. The summed E-state index contributed by atoms with van der Waals surface area (Å²) in [4.78, 5) is 23.7. The molecule has 1 aliphatic heterocycles. The standard InChI is InChI=1S/C20H29N5O/c1-15(2)19-22-9-12-25(19)16(3)20(26)23-18-6-10-24(11-7-18)14-17-5-4-8-21-13-17/h4-5,8-9,12-13,15-16,18H,6-7,10-11,14H2,1-3H3,(H,23,26). The number of likely N-dealkylation sites (tertiary alicyclic amines) is 1. The lowest BCUT2D eigenvalue weighted by molar-refractivity contribution is -0.125. The summed E-state index contributed by atoms with van der Waals surface area (Å²) in [6.45, 7) is 9.06. The van der Waals surface area contributed by atoms with E-state index in [9.17, 15) is 4.79 Å². The minimum absolute atomic E-state index is 0.0793. The average molecular weight is 355 g/mol. The van der Waals surface area contributed by atoms with Crippen LogP contribution >= 0.6 is 0 Å². The summed E-state index contributed by atoms with van der Waals surface area (Å²) in [5.74, 6) is 1.34. The van der Waals surface area contributed by atoms with Gasteiger partial charge < -0.3 is 9.88 Å².